The second-order valence-electron chi connectivity index (χ2n) is 5.48. The second-order valence-corrected chi connectivity index (χ2v) is 7.56. The number of alkyl halides is 3. The third-order valence-corrected chi connectivity index (χ3v) is 5.82. The molecule has 0 bridgehead atoms. The molecular weight excluding hydrogens is 367 g/mol. The highest BCUT2D eigenvalue weighted by molar-refractivity contribution is 7.99. The van der Waals surface area contributed by atoms with Crippen LogP contribution in [0.5, 0.6) is 5.75 Å². The summed E-state index contributed by atoms with van der Waals surface area (Å²) in [5, 5.41) is 2.73. The number of pyridine rings is 1. The van der Waals surface area contributed by atoms with Crippen molar-refractivity contribution in [2.75, 3.05) is 5.75 Å². The van der Waals surface area contributed by atoms with Crippen molar-refractivity contribution in [3.05, 3.63) is 51.8 Å². The van der Waals surface area contributed by atoms with E-state index in [1.54, 1.807) is 29.2 Å². The second kappa shape index (κ2) is 6.38. The number of rotatable bonds is 3. The molecule has 0 unspecified atom stereocenters. The van der Waals surface area contributed by atoms with Crippen LogP contribution in [0.2, 0.25) is 0 Å². The Kier molecular flexibility index (Phi) is 4.21. The van der Waals surface area contributed by atoms with Gasteiger partial charge in [-0.2, -0.15) is 0 Å². The summed E-state index contributed by atoms with van der Waals surface area (Å²) in [7, 11) is 0. The molecule has 0 saturated carbocycles. The zero-order valence-corrected chi connectivity index (χ0v) is 14.5. The van der Waals surface area contributed by atoms with Crippen molar-refractivity contribution in [2.24, 2.45) is 0 Å². The average molecular weight is 379 g/mol. The topological polar surface area (TPSA) is 22.1 Å². The Morgan fingerprint density at radius 2 is 2.04 bits per heavy atom. The highest BCUT2D eigenvalue weighted by Crippen LogP contribution is 2.40. The highest BCUT2D eigenvalue weighted by atomic mass is 32.2. The third kappa shape index (κ3) is 3.52. The first-order valence-corrected chi connectivity index (χ1v) is 9.43. The van der Waals surface area contributed by atoms with Crippen molar-refractivity contribution in [2.45, 2.75) is 17.7 Å². The largest absolute Gasteiger partial charge is 0.573 e. The molecule has 0 N–H and O–H groups in total. The van der Waals surface area contributed by atoms with Crippen LogP contribution in [0.3, 0.4) is 0 Å². The van der Waals surface area contributed by atoms with Crippen molar-refractivity contribution in [1.29, 1.82) is 0 Å². The summed E-state index contributed by atoms with van der Waals surface area (Å²) >= 11 is 3.30. The lowest BCUT2D eigenvalue weighted by molar-refractivity contribution is -0.274. The van der Waals surface area contributed by atoms with Crippen LogP contribution in [0.15, 0.2) is 40.6 Å². The van der Waals surface area contributed by atoms with E-state index in [1.807, 2.05) is 29.7 Å². The highest BCUT2D eigenvalue weighted by Gasteiger charge is 2.31. The predicted molar refractivity (Wildman–Crippen MR) is 96.1 cm³/mol. The summed E-state index contributed by atoms with van der Waals surface area (Å²) in [6.45, 7) is 0. The Balaban J connectivity index is 1.78. The van der Waals surface area contributed by atoms with E-state index in [2.05, 4.69) is 9.72 Å². The minimum Gasteiger partial charge on any atom is -0.406 e. The summed E-state index contributed by atoms with van der Waals surface area (Å²) in [4.78, 5) is 6.79. The van der Waals surface area contributed by atoms with E-state index in [1.165, 1.54) is 12.1 Å². The van der Waals surface area contributed by atoms with Gasteiger partial charge in [0.2, 0.25) is 0 Å². The summed E-state index contributed by atoms with van der Waals surface area (Å²) in [5.74, 6) is 0.693. The monoisotopic (exact) mass is 379 g/mol. The maximum absolute atomic E-state index is 12.5. The van der Waals surface area contributed by atoms with Crippen LogP contribution in [0.4, 0.5) is 13.2 Å². The lowest BCUT2D eigenvalue weighted by atomic mass is 10.1. The molecular formula is C18H12F3NOS2. The van der Waals surface area contributed by atoms with Crippen molar-refractivity contribution in [3.63, 3.8) is 0 Å². The number of halogens is 3. The number of thioether (sulfide) groups is 1. The first-order valence-electron chi connectivity index (χ1n) is 7.56. The average Bonchev–Trinajstić information content (AvgIpc) is 3.23. The van der Waals surface area contributed by atoms with Gasteiger partial charge in [-0.1, -0.05) is 6.07 Å². The van der Waals surface area contributed by atoms with Gasteiger partial charge in [0.05, 0.1) is 11.2 Å². The summed E-state index contributed by atoms with van der Waals surface area (Å²) in [6.07, 6.45) is 0.164. The Morgan fingerprint density at radius 3 is 2.80 bits per heavy atom. The van der Waals surface area contributed by atoms with Gasteiger partial charge in [0.1, 0.15) is 5.75 Å². The fourth-order valence-corrected chi connectivity index (χ4v) is 4.64. The molecule has 0 aliphatic carbocycles. The quantitative estimate of drug-likeness (QED) is 0.556. The number of hydrogen-bond acceptors (Lipinski definition) is 4. The van der Waals surface area contributed by atoms with Crippen molar-refractivity contribution in [3.8, 4) is 5.75 Å². The maximum atomic E-state index is 12.5. The molecule has 2 aromatic heterocycles. The van der Waals surface area contributed by atoms with E-state index in [9.17, 15) is 13.2 Å². The molecule has 4 rings (SSSR count). The van der Waals surface area contributed by atoms with Crippen LogP contribution in [0.1, 0.15) is 16.1 Å². The molecule has 1 aliphatic heterocycles. The van der Waals surface area contributed by atoms with E-state index >= 15 is 0 Å². The Hall–Kier alpha value is -1.99. The molecule has 2 nitrogen and oxygen atoms in total. The summed E-state index contributed by atoms with van der Waals surface area (Å²) in [5.41, 5.74) is 2.65. The van der Waals surface area contributed by atoms with E-state index in [4.69, 9.17) is 0 Å². The molecule has 0 radical (unpaired) electrons. The van der Waals surface area contributed by atoms with Gasteiger partial charge in [-0.15, -0.1) is 36.3 Å². The lowest BCUT2D eigenvalue weighted by Crippen LogP contribution is -2.17. The van der Waals surface area contributed by atoms with Gasteiger partial charge in [-0.25, -0.2) is 4.98 Å². The molecule has 7 heteroatoms. The molecule has 1 aromatic carbocycles. The Bertz CT molecular complexity index is 949. The standard InChI is InChI=1S/C18H12F3NOS2/c19-18(20,21)23-11-3-5-16-14(10-11)17-13(7-9-25-17)15(22-16)6-4-12-2-1-8-24-12/h1-6,8,10H,7,9H2/b6-4+. The van der Waals surface area contributed by atoms with E-state index in [0.29, 0.717) is 10.9 Å². The molecule has 0 spiro atoms. The van der Waals surface area contributed by atoms with Gasteiger partial charge in [0.25, 0.3) is 0 Å². The van der Waals surface area contributed by atoms with E-state index in [-0.39, 0.29) is 5.75 Å². The lowest BCUT2D eigenvalue weighted by Gasteiger charge is -2.12. The number of hydrogen-bond donors (Lipinski definition) is 0. The van der Waals surface area contributed by atoms with Crippen molar-refractivity contribution < 1.29 is 17.9 Å². The SMILES string of the molecule is FC(F)(F)Oc1ccc2nc(/C=C/c3cccs3)c3c(c2c1)SCC3. The minimum absolute atomic E-state index is 0.210. The van der Waals surface area contributed by atoms with Crippen molar-refractivity contribution in [1.82, 2.24) is 4.98 Å². The fourth-order valence-electron chi connectivity index (χ4n) is 2.81. The minimum atomic E-state index is -4.69. The smallest absolute Gasteiger partial charge is 0.406 e. The van der Waals surface area contributed by atoms with Crippen LogP contribution in [0.25, 0.3) is 23.1 Å². The molecule has 3 aromatic rings. The van der Waals surface area contributed by atoms with Gasteiger partial charge in [0.15, 0.2) is 0 Å². The molecule has 25 heavy (non-hydrogen) atoms. The van der Waals surface area contributed by atoms with Crippen LogP contribution in [-0.4, -0.2) is 17.1 Å². The molecule has 1 aliphatic rings. The number of ether oxygens (including phenoxy) is 1. The van der Waals surface area contributed by atoms with Gasteiger partial charge in [0, 0.05) is 20.9 Å². The fraction of sp³-hybridized carbons (Fsp3) is 0.167. The number of benzene rings is 1. The third-order valence-electron chi connectivity index (χ3n) is 3.82. The number of nitrogens with zero attached hydrogens (tertiary/aromatic N) is 1. The maximum Gasteiger partial charge on any atom is 0.573 e. The van der Waals surface area contributed by atoms with E-state index < -0.39 is 6.36 Å². The zero-order valence-electron chi connectivity index (χ0n) is 12.8. The van der Waals surface area contributed by atoms with E-state index in [0.717, 1.165) is 33.2 Å². The van der Waals surface area contributed by atoms with Gasteiger partial charge >= 0.3 is 6.36 Å². The van der Waals surface area contributed by atoms with Gasteiger partial charge in [-0.3, -0.25) is 0 Å². The molecule has 128 valence electrons. The Morgan fingerprint density at radius 1 is 1.16 bits per heavy atom. The first-order chi connectivity index (χ1) is 12.0. The van der Waals surface area contributed by atoms with Crippen LogP contribution in [0, 0.1) is 0 Å². The van der Waals surface area contributed by atoms with Gasteiger partial charge in [-0.05, 0) is 53.8 Å². The zero-order chi connectivity index (χ0) is 17.4. The molecule has 0 saturated heterocycles. The predicted octanol–water partition coefficient (Wildman–Crippen LogP) is 6.01. The molecule has 3 heterocycles. The number of fused-ring (bicyclic) bond motifs is 3. The van der Waals surface area contributed by atoms with Crippen molar-refractivity contribution >= 4 is 46.2 Å². The van der Waals surface area contributed by atoms with Crippen LogP contribution >= 0.6 is 23.1 Å². The van der Waals surface area contributed by atoms with Crippen LogP contribution in [-0.2, 0) is 6.42 Å². The summed E-state index contributed by atoms with van der Waals surface area (Å²) < 4.78 is 41.4. The molecule has 0 atom stereocenters. The number of aromatic nitrogens is 1. The first kappa shape index (κ1) is 16.5. The summed E-state index contributed by atoms with van der Waals surface area (Å²) in [6, 6.07) is 8.33. The van der Waals surface area contributed by atoms with Crippen LogP contribution < -0.4 is 4.74 Å². The van der Waals surface area contributed by atoms with Gasteiger partial charge < -0.3 is 4.74 Å². The Labute approximate surface area is 150 Å². The normalized spacial score (nSPS) is 14.4. The molecule has 0 amide bonds. The molecule has 0 fully saturated rings. The number of thiophene rings is 1.